The zero-order chi connectivity index (χ0) is 13.2. The Balaban J connectivity index is 0.000000164. The molecule has 0 spiro atoms. The van der Waals surface area contributed by atoms with Crippen molar-refractivity contribution in [2.24, 2.45) is 0 Å². The zero-order valence-corrected chi connectivity index (χ0v) is 10.7. The largest absolute Gasteiger partial charge is 0.312 e. The molecule has 5 nitrogen and oxygen atoms in total. The predicted octanol–water partition coefficient (Wildman–Crippen LogP) is 2.13. The fraction of sp³-hybridized carbons (Fsp3) is 0.0909. The second kappa shape index (κ2) is 5.01. The van der Waals surface area contributed by atoms with Gasteiger partial charge in [0.2, 0.25) is 0 Å². The molecule has 0 unspecified atom stereocenters. The molecule has 18 heavy (non-hydrogen) atoms. The van der Waals surface area contributed by atoms with Crippen molar-refractivity contribution < 1.29 is 13.0 Å². The topological polar surface area (TPSA) is 80.2 Å². The van der Waals surface area contributed by atoms with Gasteiger partial charge in [-0.1, -0.05) is 18.2 Å². The Bertz CT molecular complexity index is 656. The summed E-state index contributed by atoms with van der Waals surface area (Å²) in [6, 6.07) is 9.57. The predicted molar refractivity (Wildman–Crippen MR) is 66.8 cm³/mol. The van der Waals surface area contributed by atoms with Gasteiger partial charge in [0.25, 0.3) is 0 Å². The molecule has 0 atom stereocenters. The summed E-state index contributed by atoms with van der Waals surface area (Å²) in [5.41, 5.74) is 2.85. The average molecular weight is 285 g/mol. The Morgan fingerprint density at radius 1 is 1.22 bits per heavy atom. The molecule has 3 rings (SSSR count). The van der Waals surface area contributed by atoms with Gasteiger partial charge < -0.3 is 0 Å². The molecule has 0 radical (unpaired) electrons. The van der Waals surface area contributed by atoms with Crippen molar-refractivity contribution >= 4 is 21.7 Å². The normalized spacial score (nSPS) is 11.4. The maximum Gasteiger partial charge on any atom is 0.312 e. The molecule has 1 aromatic heterocycles. The minimum atomic E-state index is -4.25. The smallest absolute Gasteiger partial charge is 0.281 e. The van der Waals surface area contributed by atoms with Gasteiger partial charge in [0.1, 0.15) is 5.82 Å². The molecule has 0 saturated heterocycles. The van der Waals surface area contributed by atoms with Crippen molar-refractivity contribution in [2.75, 3.05) is 0 Å². The maximum atomic E-state index is 10.5. The SMILES string of the molecule is O=S(=O)(O)c1ccnc(CCl)n1.c1cc2cc-2c1. The van der Waals surface area contributed by atoms with Crippen LogP contribution in [-0.4, -0.2) is 22.9 Å². The van der Waals surface area contributed by atoms with Crippen LogP contribution in [0.25, 0.3) is 11.1 Å². The van der Waals surface area contributed by atoms with Crippen LogP contribution < -0.4 is 0 Å². The fourth-order valence-electron chi connectivity index (χ4n) is 1.26. The number of hydrogen-bond acceptors (Lipinski definition) is 4. The van der Waals surface area contributed by atoms with E-state index in [0.717, 1.165) is 6.07 Å². The minimum absolute atomic E-state index is 0.00333. The van der Waals surface area contributed by atoms with E-state index >= 15 is 0 Å². The number of alkyl halides is 1. The van der Waals surface area contributed by atoms with Gasteiger partial charge in [0.15, 0.2) is 5.03 Å². The molecule has 0 aromatic carbocycles. The van der Waals surface area contributed by atoms with E-state index in [1.165, 1.54) is 17.3 Å². The lowest BCUT2D eigenvalue weighted by Gasteiger charge is -1.96. The van der Waals surface area contributed by atoms with Crippen molar-refractivity contribution in [3.05, 3.63) is 42.4 Å². The quantitative estimate of drug-likeness (QED) is 0.443. The number of nitrogens with zero attached hydrogens (tertiary/aromatic N) is 2. The monoisotopic (exact) mass is 284 g/mol. The van der Waals surface area contributed by atoms with Crippen LogP contribution >= 0.6 is 11.6 Å². The molecular formula is C11H9ClN2O3S. The van der Waals surface area contributed by atoms with Gasteiger partial charge in [-0.05, 0) is 23.3 Å². The van der Waals surface area contributed by atoms with Crippen LogP contribution in [0.1, 0.15) is 5.82 Å². The van der Waals surface area contributed by atoms with Crippen LogP contribution in [0.2, 0.25) is 0 Å². The second-order valence-corrected chi connectivity index (χ2v) is 5.14. The van der Waals surface area contributed by atoms with E-state index in [9.17, 15) is 8.42 Å². The highest BCUT2D eigenvalue weighted by Gasteiger charge is 2.11. The van der Waals surface area contributed by atoms with Gasteiger partial charge in [-0.15, -0.1) is 11.6 Å². The molecule has 94 valence electrons. The van der Waals surface area contributed by atoms with Crippen LogP contribution in [0.5, 0.6) is 0 Å². The second-order valence-electron chi connectivity index (χ2n) is 3.50. The number of hydrogen-bond donors (Lipinski definition) is 1. The summed E-state index contributed by atoms with van der Waals surface area (Å²) in [4.78, 5) is 7.13. The lowest BCUT2D eigenvalue weighted by molar-refractivity contribution is 0.478. The third-order valence-electron chi connectivity index (χ3n) is 2.18. The zero-order valence-electron chi connectivity index (χ0n) is 9.12. The van der Waals surface area contributed by atoms with Crippen molar-refractivity contribution in [3.8, 4) is 11.1 Å². The van der Waals surface area contributed by atoms with E-state index < -0.39 is 15.1 Å². The molecular weight excluding hydrogens is 276 g/mol. The van der Waals surface area contributed by atoms with E-state index in [4.69, 9.17) is 16.2 Å². The molecule has 2 aliphatic rings. The first-order chi connectivity index (χ1) is 8.50. The van der Waals surface area contributed by atoms with E-state index in [1.807, 2.05) is 0 Å². The van der Waals surface area contributed by atoms with E-state index in [2.05, 4.69) is 34.2 Å². The first-order valence-electron chi connectivity index (χ1n) is 4.96. The van der Waals surface area contributed by atoms with E-state index in [0.29, 0.717) is 0 Å². The number of halogens is 1. The number of fused-ring (bicyclic) bond motifs is 1. The fourth-order valence-corrected chi connectivity index (χ4v) is 1.85. The van der Waals surface area contributed by atoms with Gasteiger partial charge >= 0.3 is 10.1 Å². The lowest BCUT2D eigenvalue weighted by Crippen LogP contribution is -2.03. The van der Waals surface area contributed by atoms with Crippen LogP contribution in [0.4, 0.5) is 0 Å². The minimum Gasteiger partial charge on any atom is -0.281 e. The summed E-state index contributed by atoms with van der Waals surface area (Å²) >= 11 is 5.35. The first-order valence-corrected chi connectivity index (χ1v) is 6.94. The van der Waals surface area contributed by atoms with Gasteiger partial charge in [0.05, 0.1) is 5.88 Å². The van der Waals surface area contributed by atoms with Crippen molar-refractivity contribution in [1.29, 1.82) is 0 Å². The summed E-state index contributed by atoms with van der Waals surface area (Å²) in [6.45, 7) is 0. The summed E-state index contributed by atoms with van der Waals surface area (Å²) < 4.78 is 29.6. The van der Waals surface area contributed by atoms with Gasteiger partial charge in [-0.25, -0.2) is 9.97 Å². The van der Waals surface area contributed by atoms with Crippen LogP contribution in [0.3, 0.4) is 0 Å². The van der Waals surface area contributed by atoms with Crippen molar-refractivity contribution in [3.63, 3.8) is 0 Å². The Hall–Kier alpha value is -1.50. The molecule has 7 heteroatoms. The molecule has 1 aromatic rings. The highest BCUT2D eigenvalue weighted by molar-refractivity contribution is 7.85. The highest BCUT2D eigenvalue weighted by Crippen LogP contribution is 2.32. The molecule has 1 N–H and O–H groups in total. The molecule has 0 amide bonds. The van der Waals surface area contributed by atoms with Crippen LogP contribution in [-0.2, 0) is 16.0 Å². The van der Waals surface area contributed by atoms with Crippen LogP contribution in [0.15, 0.2) is 41.6 Å². The standard InChI is InChI=1S/C6H4.C5H5ClN2O3S/c1-2-5-4-6(5)3-1;6-3-4-7-2-1-5(8-4)12(9,10)11/h1-4H;1-2H,3H2,(H,9,10,11). The van der Waals surface area contributed by atoms with Gasteiger partial charge in [0, 0.05) is 6.20 Å². The highest BCUT2D eigenvalue weighted by atomic mass is 35.5. The van der Waals surface area contributed by atoms with Crippen molar-refractivity contribution in [2.45, 2.75) is 10.9 Å². The van der Waals surface area contributed by atoms with E-state index in [1.54, 1.807) is 0 Å². The lowest BCUT2D eigenvalue weighted by atomic mass is 10.6. The van der Waals surface area contributed by atoms with Gasteiger partial charge in [-0.3, -0.25) is 4.55 Å². The third-order valence-corrected chi connectivity index (χ3v) is 3.17. The summed E-state index contributed by atoms with van der Waals surface area (Å²) in [5, 5.41) is -0.437. The maximum absolute atomic E-state index is 10.5. The number of aromatic nitrogens is 2. The molecule has 0 aliphatic heterocycles. The molecule has 0 fully saturated rings. The Labute approximate surface area is 109 Å². The van der Waals surface area contributed by atoms with Crippen LogP contribution in [0, 0.1) is 0 Å². The Morgan fingerprint density at radius 3 is 2.28 bits per heavy atom. The molecule has 0 saturated carbocycles. The first kappa shape index (κ1) is 12.9. The van der Waals surface area contributed by atoms with E-state index in [-0.39, 0.29) is 11.7 Å². The molecule has 0 bridgehead atoms. The average Bonchev–Trinajstić information content (AvgIpc) is 2.96. The third kappa shape index (κ3) is 3.25. The number of rotatable bonds is 2. The van der Waals surface area contributed by atoms with Gasteiger partial charge in [-0.2, -0.15) is 8.42 Å². The summed E-state index contributed by atoms with van der Waals surface area (Å²) in [6.07, 6.45) is 1.22. The summed E-state index contributed by atoms with van der Waals surface area (Å²) in [5.74, 6) is 0.162. The Kier molecular flexibility index (Phi) is 3.60. The Morgan fingerprint density at radius 2 is 1.89 bits per heavy atom. The van der Waals surface area contributed by atoms with Crippen molar-refractivity contribution in [1.82, 2.24) is 9.97 Å². The molecule has 2 aliphatic carbocycles. The summed E-state index contributed by atoms with van der Waals surface area (Å²) in [7, 11) is -4.25. The molecule has 1 heterocycles. The number of benzene rings is 1.